The predicted molar refractivity (Wildman–Crippen MR) is 51.6 cm³/mol. The fourth-order valence-electron chi connectivity index (χ4n) is 2.51. The van der Waals surface area contributed by atoms with Gasteiger partial charge in [0.2, 0.25) is 0 Å². The number of rotatable bonds is 1. The average Bonchev–Trinajstić information content (AvgIpc) is 2.13. The van der Waals surface area contributed by atoms with Crippen molar-refractivity contribution in [3.8, 4) is 0 Å². The number of hydrogen-bond acceptors (Lipinski definition) is 0. The van der Waals surface area contributed by atoms with Crippen molar-refractivity contribution in [3.05, 3.63) is 22.6 Å². The molecule has 0 N–H and O–H groups in total. The third-order valence-corrected chi connectivity index (χ3v) is 4.41. The molecule has 0 aliphatic heterocycles. The molecule has 106 valence electrons. The summed E-state index contributed by atoms with van der Waals surface area (Å²) in [6.07, 6.45) is -4.17. The maximum Gasteiger partial charge on any atom is 0.414 e. The van der Waals surface area contributed by atoms with E-state index >= 15 is 0 Å². The van der Waals surface area contributed by atoms with Gasteiger partial charge in [-0.1, -0.05) is 31.6 Å². The maximum atomic E-state index is 12.7. The highest BCUT2D eigenvalue weighted by Gasteiger charge is 2.72. The number of hydrogen-bond donors (Lipinski definition) is 0. The molecule has 2 bridgehead atoms. The number of halogens is 8. The van der Waals surface area contributed by atoms with E-state index in [-0.39, 0.29) is 12.8 Å². The van der Waals surface area contributed by atoms with Crippen molar-refractivity contribution in [2.75, 3.05) is 0 Å². The normalized spacial score (nSPS) is 32.4. The average molecular weight is 300 g/mol. The van der Waals surface area contributed by atoms with E-state index in [1.54, 1.807) is 0 Å². The third-order valence-electron chi connectivity index (χ3n) is 3.06. The van der Waals surface area contributed by atoms with Crippen LogP contribution in [0.2, 0.25) is 0 Å². The second kappa shape index (κ2) is 2.88. The van der Waals surface area contributed by atoms with Crippen LogP contribution in [0.3, 0.4) is 0 Å². The highest BCUT2D eigenvalue weighted by atomic mass is 32.5. The van der Waals surface area contributed by atoms with Crippen molar-refractivity contribution in [2.45, 2.75) is 19.0 Å². The molecule has 0 amide bonds. The molecule has 0 saturated carbocycles. The topological polar surface area (TPSA) is 0 Å². The van der Waals surface area contributed by atoms with Gasteiger partial charge >= 0.3 is 16.4 Å². The zero-order chi connectivity index (χ0) is 14.0. The minimum Gasteiger partial charge on any atom is -0.166 e. The second-order valence-electron chi connectivity index (χ2n) is 4.42. The molecule has 2 atom stereocenters. The van der Waals surface area contributed by atoms with Crippen LogP contribution >= 0.6 is 10.2 Å². The van der Waals surface area contributed by atoms with E-state index in [1.165, 1.54) is 0 Å². The molecule has 3 aliphatic rings. The van der Waals surface area contributed by atoms with Gasteiger partial charge in [-0.2, -0.15) is 13.2 Å². The lowest BCUT2D eigenvalue weighted by molar-refractivity contribution is -0.100. The van der Waals surface area contributed by atoms with Crippen LogP contribution in [0, 0.1) is 11.8 Å². The van der Waals surface area contributed by atoms with Crippen LogP contribution in [0.25, 0.3) is 0 Å². The Bertz CT molecular complexity index is 450. The van der Waals surface area contributed by atoms with Gasteiger partial charge in [0.05, 0.1) is 10.5 Å². The third kappa shape index (κ3) is 2.24. The molecular weight excluding hydrogens is 292 g/mol. The van der Waals surface area contributed by atoms with E-state index in [0.29, 0.717) is 0 Å². The largest absolute Gasteiger partial charge is 0.414 e. The number of fused-ring (bicyclic) bond motifs is 1. The molecule has 18 heavy (non-hydrogen) atoms. The van der Waals surface area contributed by atoms with Gasteiger partial charge < -0.3 is 0 Å². The first-order chi connectivity index (χ1) is 7.70. The van der Waals surface area contributed by atoms with Gasteiger partial charge in [0.25, 0.3) is 0 Å². The molecule has 0 heterocycles. The number of allylic oxidation sites excluding steroid dienone is 4. The lowest BCUT2D eigenvalue weighted by Crippen LogP contribution is -2.34. The quantitative estimate of drug-likeness (QED) is 0.430. The van der Waals surface area contributed by atoms with Gasteiger partial charge in [0.15, 0.2) is 0 Å². The second-order valence-corrected chi connectivity index (χ2v) is 6.80. The monoisotopic (exact) mass is 300 g/mol. The smallest absolute Gasteiger partial charge is 0.166 e. The first-order valence-corrected chi connectivity index (χ1v) is 6.89. The molecule has 0 aromatic rings. The highest BCUT2D eigenvalue weighted by Crippen LogP contribution is 3.04. The van der Waals surface area contributed by atoms with Crippen LogP contribution < -0.4 is 0 Å². The maximum absolute atomic E-state index is 12.7. The minimum atomic E-state index is -10.3. The Morgan fingerprint density at radius 1 is 0.889 bits per heavy atom. The van der Waals surface area contributed by atoms with Crippen LogP contribution in [0.5, 0.6) is 0 Å². The summed E-state index contributed by atoms with van der Waals surface area (Å²) in [6, 6.07) is 0. The Hall–Kier alpha value is -0.730. The summed E-state index contributed by atoms with van der Waals surface area (Å²) in [7, 11) is -10.3. The van der Waals surface area contributed by atoms with Crippen LogP contribution in [-0.2, 0) is 0 Å². The Labute approximate surface area is 97.1 Å². The van der Waals surface area contributed by atoms with Crippen molar-refractivity contribution in [3.63, 3.8) is 0 Å². The molecule has 0 aromatic carbocycles. The van der Waals surface area contributed by atoms with Crippen LogP contribution in [0.15, 0.2) is 22.6 Å². The van der Waals surface area contributed by atoms with E-state index < -0.39 is 38.7 Å². The van der Waals surface area contributed by atoms with Crippen LogP contribution in [0.4, 0.5) is 32.6 Å². The van der Waals surface area contributed by atoms with Crippen molar-refractivity contribution in [1.29, 1.82) is 0 Å². The van der Waals surface area contributed by atoms with Crippen LogP contribution in [-0.4, -0.2) is 6.18 Å². The summed E-state index contributed by atoms with van der Waals surface area (Å²) in [5.41, 5.74) is -2.11. The summed E-state index contributed by atoms with van der Waals surface area (Å²) in [5, 5.41) is 0. The standard InChI is InChI=1S/C9H8F8S/c10-9(11,12)7-5-1-3-6(4-2-5)8(7)18(13,14,15,16)17/h1,3,5-6H,2,4H2. The van der Waals surface area contributed by atoms with E-state index in [0.717, 1.165) is 12.2 Å². The lowest BCUT2D eigenvalue weighted by Gasteiger charge is -2.50. The van der Waals surface area contributed by atoms with E-state index in [2.05, 4.69) is 0 Å². The molecular formula is C9H8F8S. The van der Waals surface area contributed by atoms with Gasteiger partial charge in [0, 0.05) is 11.8 Å². The molecule has 2 unspecified atom stereocenters. The molecule has 0 nitrogen and oxygen atoms in total. The Morgan fingerprint density at radius 3 is 1.61 bits per heavy atom. The van der Waals surface area contributed by atoms with Crippen molar-refractivity contribution in [2.24, 2.45) is 11.8 Å². The molecule has 9 heteroatoms. The van der Waals surface area contributed by atoms with Gasteiger partial charge in [-0.05, 0) is 12.8 Å². The van der Waals surface area contributed by atoms with E-state index in [4.69, 9.17) is 0 Å². The highest BCUT2D eigenvalue weighted by molar-refractivity contribution is 8.48. The number of alkyl halides is 3. The van der Waals surface area contributed by atoms with E-state index in [1.807, 2.05) is 0 Å². The summed E-state index contributed by atoms with van der Waals surface area (Å²) in [6.45, 7) is 0. The minimum absolute atomic E-state index is 0.187. The molecule has 0 radical (unpaired) electrons. The molecule has 3 rings (SSSR count). The predicted octanol–water partition coefficient (Wildman–Crippen LogP) is 5.70. The summed E-state index contributed by atoms with van der Waals surface area (Å²) in [4.78, 5) is -2.64. The lowest BCUT2D eigenvalue weighted by atomic mass is 9.76. The first kappa shape index (κ1) is 13.7. The Kier molecular flexibility index (Phi) is 2.19. The van der Waals surface area contributed by atoms with Gasteiger partial charge in [-0.25, -0.2) is 0 Å². The molecule has 0 aromatic heterocycles. The van der Waals surface area contributed by atoms with Crippen molar-refractivity contribution < 1.29 is 32.6 Å². The summed E-state index contributed by atoms with van der Waals surface area (Å²) >= 11 is 0. The van der Waals surface area contributed by atoms with Gasteiger partial charge in [-0.3, -0.25) is 0 Å². The SMILES string of the molecule is FC(F)(F)C1=C(S(F)(F)(F)(F)F)C2C=CC1CC2. The van der Waals surface area contributed by atoms with Crippen molar-refractivity contribution >= 4 is 10.2 Å². The van der Waals surface area contributed by atoms with Crippen LogP contribution in [0.1, 0.15) is 12.8 Å². The van der Waals surface area contributed by atoms with E-state index in [9.17, 15) is 32.6 Å². The fraction of sp³-hybridized carbons (Fsp3) is 0.556. The summed E-state index contributed by atoms with van der Waals surface area (Å²) < 4.78 is 102. The van der Waals surface area contributed by atoms with Gasteiger partial charge in [-0.15, -0.1) is 0 Å². The van der Waals surface area contributed by atoms with Gasteiger partial charge in [0.1, 0.15) is 0 Å². The molecule has 0 fully saturated rings. The zero-order valence-electron chi connectivity index (χ0n) is 8.66. The summed E-state index contributed by atoms with van der Waals surface area (Å²) in [5.74, 6) is -3.50. The molecule has 0 saturated heterocycles. The first-order valence-electron chi connectivity index (χ1n) is 4.94. The molecule has 0 spiro atoms. The van der Waals surface area contributed by atoms with Crippen molar-refractivity contribution in [1.82, 2.24) is 0 Å². The molecule has 3 aliphatic carbocycles. The Morgan fingerprint density at radius 2 is 1.33 bits per heavy atom. The Balaban J connectivity index is 2.75. The fourth-order valence-corrected chi connectivity index (χ4v) is 3.96. The zero-order valence-corrected chi connectivity index (χ0v) is 9.47.